The predicted octanol–water partition coefficient (Wildman–Crippen LogP) is 3.81. The molecule has 1 aliphatic heterocycles. The molecule has 1 aliphatic rings. The van der Waals surface area contributed by atoms with E-state index in [-0.39, 0.29) is 0 Å². The predicted molar refractivity (Wildman–Crippen MR) is 81.1 cm³/mol. The molecule has 2 nitrogen and oxygen atoms in total. The van der Waals surface area contributed by atoms with E-state index in [0.29, 0.717) is 6.04 Å². The second-order valence-electron chi connectivity index (χ2n) is 6.11. The highest BCUT2D eigenvalue weighted by Gasteiger charge is 2.19. The van der Waals surface area contributed by atoms with Crippen molar-refractivity contribution < 1.29 is 0 Å². The van der Waals surface area contributed by atoms with Crippen LogP contribution in [0.1, 0.15) is 72.1 Å². The Hall–Kier alpha value is -0.0800. The van der Waals surface area contributed by atoms with Crippen molar-refractivity contribution >= 4 is 0 Å². The van der Waals surface area contributed by atoms with Crippen LogP contribution in [0.3, 0.4) is 0 Å². The molecule has 0 aromatic rings. The molecule has 2 unspecified atom stereocenters. The van der Waals surface area contributed by atoms with Crippen molar-refractivity contribution in [2.45, 2.75) is 84.2 Å². The third-order valence-electron chi connectivity index (χ3n) is 4.24. The quantitative estimate of drug-likeness (QED) is 0.663. The highest BCUT2D eigenvalue weighted by molar-refractivity contribution is 4.78. The summed E-state index contributed by atoms with van der Waals surface area (Å²) in [4.78, 5) is 2.69. The third kappa shape index (κ3) is 6.75. The maximum absolute atomic E-state index is 3.59. The van der Waals surface area contributed by atoms with Crippen molar-refractivity contribution in [3.05, 3.63) is 0 Å². The van der Waals surface area contributed by atoms with Crippen LogP contribution in [-0.4, -0.2) is 36.6 Å². The molecule has 0 aromatic heterocycles. The Bertz CT molecular complexity index is 194. The minimum atomic E-state index is 0.666. The molecule has 1 heterocycles. The third-order valence-corrected chi connectivity index (χ3v) is 4.24. The second kappa shape index (κ2) is 9.80. The molecule has 1 saturated heterocycles. The van der Waals surface area contributed by atoms with Crippen LogP contribution in [0.4, 0.5) is 0 Å². The Morgan fingerprint density at radius 1 is 1.00 bits per heavy atom. The summed E-state index contributed by atoms with van der Waals surface area (Å²) < 4.78 is 0. The van der Waals surface area contributed by atoms with Crippen molar-refractivity contribution in [1.82, 2.24) is 10.2 Å². The lowest BCUT2D eigenvalue weighted by Gasteiger charge is -2.28. The topological polar surface area (TPSA) is 15.3 Å². The molecular formula is C16H34N2. The zero-order valence-electron chi connectivity index (χ0n) is 12.9. The fourth-order valence-corrected chi connectivity index (χ4v) is 2.90. The first kappa shape index (κ1) is 16.0. The van der Waals surface area contributed by atoms with Crippen molar-refractivity contribution in [2.24, 2.45) is 0 Å². The number of rotatable bonds is 8. The van der Waals surface area contributed by atoms with Gasteiger partial charge in [0.25, 0.3) is 0 Å². The number of unbranched alkanes of at least 4 members (excludes halogenated alkanes) is 6. The summed E-state index contributed by atoms with van der Waals surface area (Å²) in [6.45, 7) is 10.7. The van der Waals surface area contributed by atoms with E-state index in [4.69, 9.17) is 0 Å². The number of nitrogens with one attached hydrogen (secondary N) is 1. The zero-order chi connectivity index (χ0) is 13.2. The molecule has 108 valence electrons. The Morgan fingerprint density at radius 2 is 1.67 bits per heavy atom. The molecule has 0 amide bonds. The van der Waals surface area contributed by atoms with Gasteiger partial charge >= 0.3 is 0 Å². The summed E-state index contributed by atoms with van der Waals surface area (Å²) in [5.74, 6) is 0. The van der Waals surface area contributed by atoms with Crippen LogP contribution in [0, 0.1) is 0 Å². The Balaban J connectivity index is 2.05. The minimum Gasteiger partial charge on any atom is -0.313 e. The van der Waals surface area contributed by atoms with Gasteiger partial charge < -0.3 is 5.32 Å². The number of hydrogen-bond acceptors (Lipinski definition) is 2. The molecule has 0 radical (unpaired) electrons. The zero-order valence-corrected chi connectivity index (χ0v) is 12.9. The Labute approximate surface area is 115 Å². The summed E-state index contributed by atoms with van der Waals surface area (Å²) in [6, 6.07) is 1.43. The fourth-order valence-electron chi connectivity index (χ4n) is 2.90. The van der Waals surface area contributed by atoms with Crippen molar-refractivity contribution in [1.29, 1.82) is 0 Å². The van der Waals surface area contributed by atoms with Gasteiger partial charge in [0, 0.05) is 18.6 Å². The summed E-state index contributed by atoms with van der Waals surface area (Å²) in [5, 5.41) is 3.59. The van der Waals surface area contributed by atoms with Crippen LogP contribution in [-0.2, 0) is 0 Å². The highest BCUT2D eigenvalue weighted by Crippen LogP contribution is 2.12. The standard InChI is InChI=1S/C16H34N2/c1-4-5-6-7-8-9-10-13-18-14-15(2)17-12-11-16(18)3/h15-17H,4-14H2,1-3H3. The van der Waals surface area contributed by atoms with E-state index >= 15 is 0 Å². The van der Waals surface area contributed by atoms with E-state index < -0.39 is 0 Å². The molecule has 0 saturated carbocycles. The molecule has 1 rings (SSSR count). The van der Waals surface area contributed by atoms with Gasteiger partial charge in [0.05, 0.1) is 0 Å². The fraction of sp³-hybridized carbons (Fsp3) is 1.00. The molecule has 0 aromatic carbocycles. The van der Waals surface area contributed by atoms with E-state index in [1.165, 1.54) is 71.0 Å². The largest absolute Gasteiger partial charge is 0.313 e. The first-order valence-electron chi connectivity index (χ1n) is 8.21. The smallest absolute Gasteiger partial charge is 0.0166 e. The van der Waals surface area contributed by atoms with Gasteiger partial charge in [-0.3, -0.25) is 4.90 Å². The van der Waals surface area contributed by atoms with Crippen LogP contribution in [0.5, 0.6) is 0 Å². The highest BCUT2D eigenvalue weighted by atomic mass is 15.2. The van der Waals surface area contributed by atoms with Crippen LogP contribution < -0.4 is 5.32 Å². The molecule has 1 fully saturated rings. The van der Waals surface area contributed by atoms with Crippen molar-refractivity contribution in [2.75, 3.05) is 19.6 Å². The average molecular weight is 254 g/mol. The molecule has 18 heavy (non-hydrogen) atoms. The Morgan fingerprint density at radius 3 is 2.39 bits per heavy atom. The van der Waals surface area contributed by atoms with Gasteiger partial charge in [-0.1, -0.05) is 45.4 Å². The van der Waals surface area contributed by atoms with Gasteiger partial charge in [-0.05, 0) is 39.8 Å². The Kier molecular flexibility index (Phi) is 8.70. The molecule has 2 heteroatoms. The maximum Gasteiger partial charge on any atom is 0.0166 e. The van der Waals surface area contributed by atoms with Crippen LogP contribution >= 0.6 is 0 Å². The van der Waals surface area contributed by atoms with Gasteiger partial charge in [0.2, 0.25) is 0 Å². The lowest BCUT2D eigenvalue weighted by molar-refractivity contribution is 0.203. The van der Waals surface area contributed by atoms with E-state index in [2.05, 4.69) is 31.0 Å². The van der Waals surface area contributed by atoms with Gasteiger partial charge in [0.15, 0.2) is 0 Å². The SMILES string of the molecule is CCCCCCCCCN1CC(C)NCCC1C. The lowest BCUT2D eigenvalue weighted by atomic mass is 10.1. The molecule has 0 aliphatic carbocycles. The molecule has 2 atom stereocenters. The van der Waals surface area contributed by atoms with Gasteiger partial charge in [-0.2, -0.15) is 0 Å². The molecule has 0 spiro atoms. The first-order valence-corrected chi connectivity index (χ1v) is 8.21. The maximum atomic E-state index is 3.59. The van der Waals surface area contributed by atoms with Gasteiger partial charge in [-0.25, -0.2) is 0 Å². The molecule has 1 N–H and O–H groups in total. The van der Waals surface area contributed by atoms with Crippen LogP contribution in [0.2, 0.25) is 0 Å². The van der Waals surface area contributed by atoms with E-state index in [1.807, 2.05) is 0 Å². The normalized spacial score (nSPS) is 26.2. The summed E-state index contributed by atoms with van der Waals surface area (Å²) in [6.07, 6.45) is 11.2. The van der Waals surface area contributed by atoms with Crippen molar-refractivity contribution in [3.63, 3.8) is 0 Å². The van der Waals surface area contributed by atoms with E-state index in [0.717, 1.165) is 6.04 Å². The molecule has 0 bridgehead atoms. The second-order valence-corrected chi connectivity index (χ2v) is 6.11. The first-order chi connectivity index (χ1) is 8.74. The van der Waals surface area contributed by atoms with Gasteiger partial charge in [-0.15, -0.1) is 0 Å². The van der Waals surface area contributed by atoms with E-state index in [1.54, 1.807) is 0 Å². The van der Waals surface area contributed by atoms with Crippen LogP contribution in [0.15, 0.2) is 0 Å². The van der Waals surface area contributed by atoms with E-state index in [9.17, 15) is 0 Å². The summed E-state index contributed by atoms with van der Waals surface area (Å²) in [7, 11) is 0. The van der Waals surface area contributed by atoms with Gasteiger partial charge in [0.1, 0.15) is 0 Å². The summed E-state index contributed by atoms with van der Waals surface area (Å²) in [5.41, 5.74) is 0. The van der Waals surface area contributed by atoms with Crippen molar-refractivity contribution in [3.8, 4) is 0 Å². The summed E-state index contributed by atoms with van der Waals surface area (Å²) >= 11 is 0. The average Bonchev–Trinajstić information content (AvgIpc) is 2.50. The number of nitrogens with zero attached hydrogens (tertiary/aromatic N) is 1. The number of hydrogen-bond donors (Lipinski definition) is 1. The lowest BCUT2D eigenvalue weighted by Crippen LogP contribution is -2.39. The molecular weight excluding hydrogens is 220 g/mol. The monoisotopic (exact) mass is 254 g/mol. The van der Waals surface area contributed by atoms with Crippen LogP contribution in [0.25, 0.3) is 0 Å². The minimum absolute atomic E-state index is 0.666.